The van der Waals surface area contributed by atoms with Crippen LogP contribution in [0.3, 0.4) is 0 Å². The molecule has 0 aliphatic heterocycles. The first kappa shape index (κ1) is 16.2. The van der Waals surface area contributed by atoms with Crippen LogP contribution in [0.1, 0.15) is 44.2 Å². The summed E-state index contributed by atoms with van der Waals surface area (Å²) in [6.07, 6.45) is 3.75. The SMILES string of the molecule is C[C@@H](N)c1ccc(F)cc1OC1CCCC(S(C)(=O)=O)C1. The topological polar surface area (TPSA) is 69.4 Å². The Balaban J connectivity index is 2.16. The van der Waals surface area contributed by atoms with Gasteiger partial charge in [0, 0.05) is 30.3 Å². The largest absolute Gasteiger partial charge is 0.490 e. The summed E-state index contributed by atoms with van der Waals surface area (Å²) in [4.78, 5) is 0. The molecule has 2 unspecified atom stereocenters. The van der Waals surface area contributed by atoms with Gasteiger partial charge in [0.15, 0.2) is 0 Å². The Morgan fingerprint density at radius 2 is 2.10 bits per heavy atom. The number of sulfone groups is 1. The van der Waals surface area contributed by atoms with Crippen LogP contribution in [-0.4, -0.2) is 26.0 Å². The lowest BCUT2D eigenvalue weighted by molar-refractivity contribution is 0.154. The number of halogens is 1. The van der Waals surface area contributed by atoms with Gasteiger partial charge in [-0.1, -0.05) is 6.07 Å². The molecule has 0 radical (unpaired) electrons. The molecule has 0 amide bonds. The minimum absolute atomic E-state index is 0.210. The maximum atomic E-state index is 13.4. The van der Waals surface area contributed by atoms with Crippen molar-refractivity contribution in [3.05, 3.63) is 29.6 Å². The number of hydrogen-bond acceptors (Lipinski definition) is 4. The van der Waals surface area contributed by atoms with Gasteiger partial charge in [-0.3, -0.25) is 0 Å². The van der Waals surface area contributed by atoms with Gasteiger partial charge >= 0.3 is 0 Å². The molecule has 0 saturated heterocycles. The van der Waals surface area contributed by atoms with Crippen molar-refractivity contribution in [1.82, 2.24) is 0 Å². The second kappa shape index (κ2) is 6.32. The van der Waals surface area contributed by atoms with Gasteiger partial charge in [-0.25, -0.2) is 12.8 Å². The van der Waals surface area contributed by atoms with E-state index in [1.807, 2.05) is 0 Å². The Morgan fingerprint density at radius 1 is 1.38 bits per heavy atom. The van der Waals surface area contributed by atoms with Gasteiger partial charge in [0.05, 0.1) is 11.4 Å². The van der Waals surface area contributed by atoms with E-state index in [9.17, 15) is 12.8 Å². The summed E-state index contributed by atoms with van der Waals surface area (Å²) in [5, 5.41) is -0.372. The normalized spacial score (nSPS) is 24.6. The minimum Gasteiger partial charge on any atom is -0.490 e. The van der Waals surface area contributed by atoms with E-state index in [-0.39, 0.29) is 23.2 Å². The summed E-state index contributed by atoms with van der Waals surface area (Å²) in [6.45, 7) is 1.81. The molecule has 1 aromatic rings. The molecular formula is C15H22FNO3S. The third-order valence-electron chi connectivity index (χ3n) is 3.94. The van der Waals surface area contributed by atoms with Crippen molar-refractivity contribution in [3.63, 3.8) is 0 Å². The highest BCUT2D eigenvalue weighted by Gasteiger charge is 2.30. The van der Waals surface area contributed by atoms with Crippen LogP contribution in [0.15, 0.2) is 18.2 Å². The number of hydrogen-bond donors (Lipinski definition) is 1. The maximum Gasteiger partial charge on any atom is 0.150 e. The molecule has 1 saturated carbocycles. The Kier molecular flexibility index (Phi) is 4.88. The summed E-state index contributed by atoms with van der Waals surface area (Å²) in [7, 11) is -3.06. The van der Waals surface area contributed by atoms with E-state index >= 15 is 0 Å². The van der Waals surface area contributed by atoms with Crippen LogP contribution >= 0.6 is 0 Å². The lowest BCUT2D eigenvalue weighted by atomic mass is 9.97. The van der Waals surface area contributed by atoms with Crippen LogP contribution in [0.2, 0.25) is 0 Å². The van der Waals surface area contributed by atoms with Crippen molar-refractivity contribution >= 4 is 9.84 Å². The van der Waals surface area contributed by atoms with E-state index in [2.05, 4.69) is 0 Å². The fourth-order valence-electron chi connectivity index (χ4n) is 2.76. The predicted octanol–water partition coefficient (Wildman–Crippen LogP) is 2.58. The number of ether oxygens (including phenoxy) is 1. The zero-order chi connectivity index (χ0) is 15.6. The molecule has 1 fully saturated rings. The number of benzene rings is 1. The first-order valence-electron chi connectivity index (χ1n) is 7.18. The second-order valence-corrected chi connectivity index (χ2v) is 8.15. The van der Waals surface area contributed by atoms with Crippen LogP contribution in [0.5, 0.6) is 5.75 Å². The maximum absolute atomic E-state index is 13.4. The van der Waals surface area contributed by atoms with Crippen molar-refractivity contribution in [1.29, 1.82) is 0 Å². The van der Waals surface area contributed by atoms with Gasteiger partial charge in [0.25, 0.3) is 0 Å². The smallest absolute Gasteiger partial charge is 0.150 e. The van der Waals surface area contributed by atoms with Gasteiger partial charge in [0.1, 0.15) is 21.4 Å². The van der Waals surface area contributed by atoms with Crippen molar-refractivity contribution < 1.29 is 17.5 Å². The lowest BCUT2D eigenvalue weighted by Crippen LogP contribution is -2.33. The van der Waals surface area contributed by atoms with Crippen LogP contribution in [0, 0.1) is 5.82 Å². The Labute approximate surface area is 125 Å². The Morgan fingerprint density at radius 3 is 2.71 bits per heavy atom. The molecule has 21 heavy (non-hydrogen) atoms. The molecule has 1 aliphatic carbocycles. The van der Waals surface area contributed by atoms with Gasteiger partial charge in [-0.15, -0.1) is 0 Å². The summed E-state index contributed by atoms with van der Waals surface area (Å²) in [5.41, 5.74) is 6.60. The van der Waals surface area contributed by atoms with Crippen molar-refractivity contribution in [2.45, 2.75) is 50.0 Å². The summed E-state index contributed by atoms with van der Waals surface area (Å²) < 4.78 is 42.6. The van der Waals surface area contributed by atoms with Gasteiger partial charge in [0.2, 0.25) is 0 Å². The van der Waals surface area contributed by atoms with Crippen molar-refractivity contribution in [3.8, 4) is 5.75 Å². The summed E-state index contributed by atoms with van der Waals surface area (Å²) >= 11 is 0. The van der Waals surface area contributed by atoms with E-state index in [1.54, 1.807) is 13.0 Å². The summed E-state index contributed by atoms with van der Waals surface area (Å²) in [5.74, 6) is 0.0361. The standard InChI is InChI=1S/C15H22FNO3S/c1-10(17)14-7-6-11(16)8-15(14)20-12-4-3-5-13(9-12)21(2,18)19/h6-8,10,12-13H,3-5,9,17H2,1-2H3/t10-,12?,13?/m1/s1. The number of nitrogens with two attached hydrogens (primary N) is 1. The fraction of sp³-hybridized carbons (Fsp3) is 0.600. The molecule has 6 heteroatoms. The van der Waals surface area contributed by atoms with E-state index in [0.29, 0.717) is 18.6 Å². The van der Waals surface area contributed by atoms with Crippen LogP contribution in [0.4, 0.5) is 4.39 Å². The molecule has 0 aromatic heterocycles. The highest BCUT2D eigenvalue weighted by atomic mass is 32.2. The van der Waals surface area contributed by atoms with E-state index in [4.69, 9.17) is 10.5 Å². The zero-order valence-corrected chi connectivity index (χ0v) is 13.2. The average Bonchev–Trinajstić information content (AvgIpc) is 2.37. The molecule has 4 nitrogen and oxygen atoms in total. The molecule has 0 heterocycles. The van der Waals surface area contributed by atoms with Gasteiger partial charge < -0.3 is 10.5 Å². The van der Waals surface area contributed by atoms with Crippen LogP contribution in [-0.2, 0) is 9.84 Å². The molecule has 1 aliphatic rings. The van der Waals surface area contributed by atoms with Crippen LogP contribution in [0.25, 0.3) is 0 Å². The molecule has 0 bridgehead atoms. The van der Waals surface area contributed by atoms with Crippen LogP contribution < -0.4 is 10.5 Å². The second-order valence-electron chi connectivity index (χ2n) is 5.83. The minimum atomic E-state index is -3.06. The fourth-order valence-corrected chi connectivity index (χ4v) is 3.92. The first-order chi connectivity index (χ1) is 9.77. The monoisotopic (exact) mass is 315 g/mol. The number of rotatable bonds is 4. The van der Waals surface area contributed by atoms with Crippen molar-refractivity contribution in [2.24, 2.45) is 5.73 Å². The van der Waals surface area contributed by atoms with Crippen molar-refractivity contribution in [2.75, 3.05) is 6.26 Å². The van der Waals surface area contributed by atoms with Gasteiger partial charge in [-0.05, 0) is 32.3 Å². The molecule has 2 N–H and O–H groups in total. The highest BCUT2D eigenvalue weighted by molar-refractivity contribution is 7.91. The molecule has 118 valence electrons. The summed E-state index contributed by atoms with van der Waals surface area (Å²) in [6, 6.07) is 4.02. The zero-order valence-electron chi connectivity index (χ0n) is 12.4. The Bertz CT molecular complexity index is 601. The highest BCUT2D eigenvalue weighted by Crippen LogP contribution is 2.31. The molecule has 2 rings (SSSR count). The van der Waals surface area contributed by atoms with E-state index in [0.717, 1.165) is 18.4 Å². The van der Waals surface area contributed by atoms with E-state index in [1.165, 1.54) is 18.4 Å². The average molecular weight is 315 g/mol. The first-order valence-corrected chi connectivity index (χ1v) is 9.13. The molecular weight excluding hydrogens is 293 g/mol. The quantitative estimate of drug-likeness (QED) is 0.927. The Hall–Kier alpha value is -1.14. The molecule has 3 atom stereocenters. The third-order valence-corrected chi connectivity index (χ3v) is 5.58. The molecule has 0 spiro atoms. The third kappa shape index (κ3) is 4.17. The van der Waals surface area contributed by atoms with E-state index < -0.39 is 9.84 Å². The molecule has 1 aromatic carbocycles. The van der Waals surface area contributed by atoms with Gasteiger partial charge in [-0.2, -0.15) is 0 Å². The lowest BCUT2D eigenvalue weighted by Gasteiger charge is -2.29. The predicted molar refractivity (Wildman–Crippen MR) is 80.5 cm³/mol.